The molecule has 1 amide bonds. The van der Waals surface area contributed by atoms with Crippen LogP contribution in [0.4, 0.5) is 0 Å². The average Bonchev–Trinajstić information content (AvgIpc) is 3.36. The van der Waals surface area contributed by atoms with Crippen molar-refractivity contribution in [3.63, 3.8) is 0 Å². The number of imidazole rings is 1. The average molecular weight is 338 g/mol. The summed E-state index contributed by atoms with van der Waals surface area (Å²) >= 11 is 0. The number of hydrogen-bond donors (Lipinski definition) is 1. The van der Waals surface area contributed by atoms with Crippen LogP contribution in [-0.4, -0.2) is 28.1 Å². The zero-order chi connectivity index (χ0) is 18.0. The third kappa shape index (κ3) is 3.98. The number of fused-ring (bicyclic) bond motifs is 1. The predicted molar refractivity (Wildman–Crippen MR) is 101 cm³/mol. The second kappa shape index (κ2) is 7.21. The van der Waals surface area contributed by atoms with Gasteiger partial charge < -0.3 is 9.72 Å². The fraction of sp³-hybridized carbons (Fsp3) is 0.450. The van der Waals surface area contributed by atoms with E-state index < -0.39 is 0 Å². The van der Waals surface area contributed by atoms with Crippen molar-refractivity contribution in [2.75, 3.05) is 7.05 Å². The highest BCUT2D eigenvalue weighted by Crippen LogP contribution is 2.31. The van der Waals surface area contributed by atoms with E-state index in [0.29, 0.717) is 5.92 Å². The Morgan fingerprint density at radius 2 is 2.28 bits per heavy atom. The Morgan fingerprint density at radius 3 is 2.92 bits per heavy atom. The van der Waals surface area contributed by atoms with Gasteiger partial charge in [0.05, 0.1) is 11.6 Å². The molecule has 1 aliphatic carbocycles. The van der Waals surface area contributed by atoms with Gasteiger partial charge in [-0.2, -0.15) is 0 Å². The smallest absolute Gasteiger partial charge is 0.233 e. The third-order valence-electron chi connectivity index (χ3n) is 4.71. The Kier molecular flexibility index (Phi) is 5.02. The summed E-state index contributed by atoms with van der Waals surface area (Å²) < 4.78 is 1.96. The molecule has 3 rings (SSSR count). The molecule has 1 saturated carbocycles. The summed E-state index contributed by atoms with van der Waals surface area (Å²) in [6.07, 6.45) is 9.11. The van der Waals surface area contributed by atoms with Gasteiger partial charge in [-0.15, -0.1) is 0 Å². The van der Waals surface area contributed by atoms with Gasteiger partial charge >= 0.3 is 0 Å². The minimum Gasteiger partial charge on any atom is -0.329 e. The number of aromatic nitrogens is 2. The van der Waals surface area contributed by atoms with Gasteiger partial charge in [-0.3, -0.25) is 9.79 Å². The van der Waals surface area contributed by atoms with E-state index in [9.17, 15) is 4.79 Å². The lowest BCUT2D eigenvalue weighted by molar-refractivity contribution is -0.121. The first-order valence-corrected chi connectivity index (χ1v) is 8.95. The zero-order valence-electron chi connectivity index (χ0n) is 15.4. The Morgan fingerprint density at radius 1 is 1.52 bits per heavy atom. The normalized spacial score (nSPS) is 17.0. The number of nitrogens with one attached hydrogen (secondary N) is 1. The van der Waals surface area contributed by atoms with Crippen LogP contribution >= 0.6 is 0 Å². The molecular weight excluding hydrogens is 312 g/mol. The van der Waals surface area contributed by atoms with E-state index in [1.165, 1.54) is 12.8 Å². The monoisotopic (exact) mass is 338 g/mol. The molecule has 2 heterocycles. The molecule has 25 heavy (non-hydrogen) atoms. The Labute approximate surface area is 148 Å². The first kappa shape index (κ1) is 17.4. The Bertz CT molecular complexity index is 842. The summed E-state index contributed by atoms with van der Waals surface area (Å²) in [5, 5.41) is 3.06. The van der Waals surface area contributed by atoms with Gasteiger partial charge in [0.15, 0.2) is 0 Å². The van der Waals surface area contributed by atoms with Crippen molar-refractivity contribution >= 4 is 17.3 Å². The van der Waals surface area contributed by atoms with Crippen molar-refractivity contribution in [1.82, 2.24) is 14.7 Å². The maximum Gasteiger partial charge on any atom is 0.233 e. The second-order valence-corrected chi connectivity index (χ2v) is 6.79. The molecule has 132 valence electrons. The molecule has 0 radical (unpaired) electrons. The van der Waals surface area contributed by atoms with Gasteiger partial charge in [0.25, 0.3) is 0 Å². The highest BCUT2D eigenvalue weighted by atomic mass is 16.1. The number of aliphatic imine (C=N–C) groups is 1. The van der Waals surface area contributed by atoms with E-state index in [0.717, 1.165) is 34.7 Å². The van der Waals surface area contributed by atoms with Crippen LogP contribution in [0.2, 0.25) is 0 Å². The number of allylic oxidation sites excluding steroid dienone is 2. The van der Waals surface area contributed by atoms with E-state index in [2.05, 4.69) is 15.3 Å². The second-order valence-electron chi connectivity index (χ2n) is 6.79. The van der Waals surface area contributed by atoms with Crippen molar-refractivity contribution in [2.24, 2.45) is 10.9 Å². The highest BCUT2D eigenvalue weighted by molar-refractivity contribution is 5.99. The maximum atomic E-state index is 12.7. The summed E-state index contributed by atoms with van der Waals surface area (Å²) in [4.78, 5) is 21.6. The molecule has 0 spiro atoms. The van der Waals surface area contributed by atoms with E-state index in [1.54, 1.807) is 0 Å². The van der Waals surface area contributed by atoms with Crippen molar-refractivity contribution in [2.45, 2.75) is 46.0 Å². The Hall–Kier alpha value is -2.43. The number of carbonyl (C=O) groups is 1. The lowest BCUT2D eigenvalue weighted by Gasteiger charge is -2.12. The number of pyridine rings is 1. The highest BCUT2D eigenvalue weighted by Gasteiger charge is 2.26. The molecule has 5 nitrogen and oxygen atoms in total. The third-order valence-corrected chi connectivity index (χ3v) is 4.71. The summed E-state index contributed by atoms with van der Waals surface area (Å²) in [5.41, 5.74) is 4.82. The van der Waals surface area contributed by atoms with Crippen LogP contribution in [0.25, 0.3) is 5.65 Å². The number of nitrogens with zero attached hydrogens (tertiary/aromatic N) is 3. The molecular formula is C20H26N4O. The van der Waals surface area contributed by atoms with Crippen LogP contribution in [0.1, 0.15) is 50.3 Å². The molecule has 2 aromatic rings. The van der Waals surface area contributed by atoms with Gasteiger partial charge in [0.1, 0.15) is 5.65 Å². The standard InChI is InChI=1S/C20H26N4O/c1-5-16(11-17(21-4)15-6-7-15)22-20(25)14(3)18-12-24-9-8-13(2)10-19(24)23-18/h8-12,14-15H,5-7H2,1-4H3,(H,22,25)/b16-11+,21-17?. The molecule has 1 aliphatic rings. The lowest BCUT2D eigenvalue weighted by Crippen LogP contribution is -2.28. The SMILES string of the molecule is CC/C(=C\C(=NC)C1CC1)NC(=O)C(C)c1cn2ccc(C)cc2n1. The van der Waals surface area contributed by atoms with Crippen LogP contribution in [0.5, 0.6) is 0 Å². The quantitative estimate of drug-likeness (QED) is 0.818. The summed E-state index contributed by atoms with van der Waals surface area (Å²) in [7, 11) is 1.82. The van der Waals surface area contributed by atoms with Gasteiger partial charge in [0.2, 0.25) is 5.91 Å². The van der Waals surface area contributed by atoms with Crippen LogP contribution < -0.4 is 5.32 Å². The molecule has 0 aromatic carbocycles. The van der Waals surface area contributed by atoms with E-state index >= 15 is 0 Å². The summed E-state index contributed by atoms with van der Waals surface area (Å²) in [5.74, 6) is 0.236. The molecule has 0 aliphatic heterocycles. The predicted octanol–water partition coefficient (Wildman–Crippen LogP) is 3.64. The first-order chi connectivity index (χ1) is 12.0. The number of hydrogen-bond acceptors (Lipinski definition) is 3. The van der Waals surface area contributed by atoms with Gasteiger partial charge in [-0.05, 0) is 56.9 Å². The number of carbonyl (C=O) groups excluding carboxylic acids is 1. The van der Waals surface area contributed by atoms with Gasteiger partial charge in [-0.1, -0.05) is 6.92 Å². The first-order valence-electron chi connectivity index (χ1n) is 8.95. The van der Waals surface area contributed by atoms with Crippen molar-refractivity contribution < 1.29 is 4.79 Å². The lowest BCUT2D eigenvalue weighted by atomic mass is 10.1. The number of aryl methyl sites for hydroxylation is 1. The number of rotatable bonds is 6. The maximum absolute atomic E-state index is 12.7. The van der Waals surface area contributed by atoms with Crippen LogP contribution in [0, 0.1) is 12.8 Å². The topological polar surface area (TPSA) is 58.8 Å². The van der Waals surface area contributed by atoms with E-state index in [4.69, 9.17) is 0 Å². The molecule has 1 atom stereocenters. The molecule has 1 N–H and O–H groups in total. The largest absolute Gasteiger partial charge is 0.329 e. The zero-order valence-corrected chi connectivity index (χ0v) is 15.4. The molecule has 1 unspecified atom stereocenters. The van der Waals surface area contributed by atoms with Crippen molar-refractivity contribution in [3.8, 4) is 0 Å². The van der Waals surface area contributed by atoms with E-state index in [1.807, 2.05) is 62.8 Å². The van der Waals surface area contributed by atoms with Crippen LogP contribution in [0.15, 0.2) is 41.3 Å². The Balaban J connectivity index is 1.75. The van der Waals surface area contributed by atoms with Crippen LogP contribution in [0.3, 0.4) is 0 Å². The molecule has 0 bridgehead atoms. The summed E-state index contributed by atoms with van der Waals surface area (Å²) in [6.45, 7) is 5.98. The van der Waals surface area contributed by atoms with Gasteiger partial charge in [0, 0.05) is 36.8 Å². The number of amides is 1. The van der Waals surface area contributed by atoms with Crippen molar-refractivity contribution in [3.05, 3.63) is 47.6 Å². The van der Waals surface area contributed by atoms with Crippen molar-refractivity contribution in [1.29, 1.82) is 0 Å². The minimum absolute atomic E-state index is 0.0283. The fourth-order valence-electron chi connectivity index (χ4n) is 2.86. The molecule has 1 fully saturated rings. The summed E-state index contributed by atoms with van der Waals surface area (Å²) in [6, 6.07) is 4.05. The van der Waals surface area contributed by atoms with Gasteiger partial charge in [-0.25, -0.2) is 4.98 Å². The molecule has 0 saturated heterocycles. The van der Waals surface area contributed by atoms with E-state index in [-0.39, 0.29) is 11.8 Å². The fourth-order valence-corrected chi connectivity index (χ4v) is 2.86. The van der Waals surface area contributed by atoms with Crippen LogP contribution in [-0.2, 0) is 4.79 Å². The molecule has 2 aromatic heterocycles. The minimum atomic E-state index is -0.307. The molecule has 5 heteroatoms.